The average molecular weight is 295 g/mol. The van der Waals surface area contributed by atoms with Crippen molar-refractivity contribution in [3.8, 4) is 0 Å². The van der Waals surface area contributed by atoms with E-state index < -0.39 is 10.0 Å². The van der Waals surface area contributed by atoms with Crippen molar-refractivity contribution in [2.75, 3.05) is 0 Å². The van der Waals surface area contributed by atoms with Crippen molar-refractivity contribution >= 4 is 10.0 Å². The van der Waals surface area contributed by atoms with Gasteiger partial charge in [0.15, 0.2) is 5.03 Å². The van der Waals surface area contributed by atoms with Crippen LogP contribution in [0.1, 0.15) is 24.4 Å². The Balaban J connectivity index is 1.73. The molecule has 0 aromatic carbocycles. The molecule has 2 aromatic heterocycles. The van der Waals surface area contributed by atoms with Crippen LogP contribution in [0, 0.1) is 0 Å². The average Bonchev–Trinajstić information content (AvgIpc) is 3.02. The Morgan fingerprint density at radius 3 is 2.95 bits per heavy atom. The third-order valence-electron chi connectivity index (χ3n) is 3.45. The molecular formula is C12H17N5O2S. The van der Waals surface area contributed by atoms with E-state index in [0.717, 1.165) is 37.3 Å². The number of nitrogens with zero attached hydrogens (tertiary/aromatic N) is 4. The van der Waals surface area contributed by atoms with Gasteiger partial charge in [-0.05, 0) is 18.9 Å². The van der Waals surface area contributed by atoms with Crippen molar-refractivity contribution in [1.29, 1.82) is 0 Å². The number of rotatable bonds is 4. The Hall–Kier alpha value is -1.67. The van der Waals surface area contributed by atoms with Crippen LogP contribution in [-0.4, -0.2) is 27.7 Å². The molecule has 0 radical (unpaired) electrons. The first-order chi connectivity index (χ1) is 9.56. The quantitative estimate of drug-likeness (QED) is 0.887. The number of aryl methyl sites for hydroxylation is 3. The summed E-state index contributed by atoms with van der Waals surface area (Å²) in [7, 11) is -1.94. The predicted octanol–water partition coefficient (Wildman–Crippen LogP) is 0.431. The highest BCUT2D eigenvalue weighted by molar-refractivity contribution is 7.89. The van der Waals surface area contributed by atoms with Crippen molar-refractivity contribution in [3.05, 3.63) is 30.0 Å². The van der Waals surface area contributed by atoms with Crippen molar-refractivity contribution in [3.63, 3.8) is 0 Å². The van der Waals surface area contributed by atoms with Gasteiger partial charge in [0.2, 0.25) is 0 Å². The fraction of sp³-hybridized carbons (Fsp3) is 0.500. The largest absolute Gasteiger partial charge is 0.335 e. The molecule has 3 rings (SSSR count). The highest BCUT2D eigenvalue weighted by Crippen LogP contribution is 2.15. The van der Waals surface area contributed by atoms with Gasteiger partial charge in [-0.3, -0.25) is 4.68 Å². The van der Waals surface area contributed by atoms with E-state index in [9.17, 15) is 8.42 Å². The van der Waals surface area contributed by atoms with Gasteiger partial charge in [0.05, 0.1) is 18.4 Å². The van der Waals surface area contributed by atoms with Gasteiger partial charge in [-0.25, -0.2) is 18.1 Å². The lowest BCUT2D eigenvalue weighted by Crippen LogP contribution is -2.25. The van der Waals surface area contributed by atoms with Crippen LogP contribution >= 0.6 is 0 Å². The summed E-state index contributed by atoms with van der Waals surface area (Å²) in [4.78, 5) is 4.47. The number of hydrogen-bond acceptors (Lipinski definition) is 4. The second kappa shape index (κ2) is 5.02. The third-order valence-corrected chi connectivity index (χ3v) is 4.93. The Bertz CT molecular complexity index is 693. The molecule has 1 aliphatic rings. The molecule has 2 aromatic rings. The molecule has 0 fully saturated rings. The summed E-state index contributed by atoms with van der Waals surface area (Å²) in [5.41, 5.74) is 0.757. The highest BCUT2D eigenvalue weighted by Gasteiger charge is 2.19. The molecule has 20 heavy (non-hydrogen) atoms. The summed E-state index contributed by atoms with van der Waals surface area (Å²) in [5.74, 6) is 1.05. The van der Waals surface area contributed by atoms with E-state index in [2.05, 4.69) is 19.4 Å². The maximum atomic E-state index is 12.1. The van der Waals surface area contributed by atoms with Gasteiger partial charge in [-0.1, -0.05) is 0 Å². The number of aromatic nitrogens is 4. The molecule has 0 atom stereocenters. The highest BCUT2D eigenvalue weighted by atomic mass is 32.2. The summed E-state index contributed by atoms with van der Waals surface area (Å²) in [6, 6.07) is 1.47. The molecule has 3 heterocycles. The fourth-order valence-corrected chi connectivity index (χ4v) is 3.55. The molecule has 0 aliphatic carbocycles. The molecule has 0 spiro atoms. The van der Waals surface area contributed by atoms with Crippen LogP contribution < -0.4 is 4.72 Å². The Labute approximate surface area is 117 Å². The third kappa shape index (κ3) is 2.48. The maximum Gasteiger partial charge on any atom is 0.258 e. The molecule has 0 bridgehead atoms. The van der Waals surface area contributed by atoms with E-state index in [1.54, 1.807) is 7.05 Å². The Morgan fingerprint density at radius 1 is 1.40 bits per heavy atom. The zero-order valence-corrected chi connectivity index (χ0v) is 12.1. The predicted molar refractivity (Wildman–Crippen MR) is 72.4 cm³/mol. The van der Waals surface area contributed by atoms with Gasteiger partial charge >= 0.3 is 0 Å². The summed E-state index contributed by atoms with van der Waals surface area (Å²) >= 11 is 0. The molecule has 0 saturated heterocycles. The molecule has 1 aliphatic heterocycles. The molecule has 7 nitrogen and oxygen atoms in total. The summed E-state index contributed by atoms with van der Waals surface area (Å²) in [5, 5.41) is 4.02. The number of nitrogens with one attached hydrogen (secondary N) is 1. The van der Waals surface area contributed by atoms with Gasteiger partial charge in [0.1, 0.15) is 5.82 Å². The Kier molecular flexibility index (Phi) is 3.35. The van der Waals surface area contributed by atoms with Crippen LogP contribution in [0.3, 0.4) is 0 Å². The van der Waals surface area contributed by atoms with Crippen molar-refractivity contribution in [2.24, 2.45) is 7.05 Å². The van der Waals surface area contributed by atoms with E-state index in [0.29, 0.717) is 0 Å². The number of fused-ring (bicyclic) bond motifs is 1. The molecule has 0 saturated carbocycles. The summed E-state index contributed by atoms with van der Waals surface area (Å²) in [6.45, 7) is 1.17. The van der Waals surface area contributed by atoms with Gasteiger partial charge in [0, 0.05) is 26.2 Å². The SMILES string of the molecule is Cn1nccc1S(=O)(=O)NCc1cn2c(n1)CCCC2. The topological polar surface area (TPSA) is 81.8 Å². The van der Waals surface area contributed by atoms with Gasteiger partial charge in [-0.15, -0.1) is 0 Å². The normalized spacial score (nSPS) is 15.2. The second-order valence-electron chi connectivity index (χ2n) is 4.92. The zero-order chi connectivity index (χ0) is 14.2. The van der Waals surface area contributed by atoms with Crippen LogP contribution in [0.2, 0.25) is 0 Å². The molecule has 0 unspecified atom stereocenters. The molecule has 108 valence electrons. The van der Waals surface area contributed by atoms with E-state index in [-0.39, 0.29) is 11.6 Å². The van der Waals surface area contributed by atoms with Gasteiger partial charge in [-0.2, -0.15) is 5.10 Å². The van der Waals surface area contributed by atoms with Crippen LogP contribution in [0.5, 0.6) is 0 Å². The maximum absolute atomic E-state index is 12.1. The smallest absolute Gasteiger partial charge is 0.258 e. The number of sulfonamides is 1. The van der Waals surface area contributed by atoms with E-state index in [4.69, 9.17) is 0 Å². The fourth-order valence-electron chi connectivity index (χ4n) is 2.43. The Morgan fingerprint density at radius 2 is 2.25 bits per heavy atom. The summed E-state index contributed by atoms with van der Waals surface area (Å²) in [6.07, 6.45) is 6.67. The van der Waals surface area contributed by atoms with Crippen molar-refractivity contribution < 1.29 is 8.42 Å². The van der Waals surface area contributed by atoms with Gasteiger partial charge in [0.25, 0.3) is 10.0 Å². The molecular weight excluding hydrogens is 278 g/mol. The van der Waals surface area contributed by atoms with E-state index in [1.807, 2.05) is 6.20 Å². The first-order valence-corrected chi connectivity index (χ1v) is 8.07. The lowest BCUT2D eigenvalue weighted by molar-refractivity contribution is 0.522. The first kappa shape index (κ1) is 13.3. The second-order valence-corrected chi connectivity index (χ2v) is 6.63. The zero-order valence-electron chi connectivity index (χ0n) is 11.3. The minimum atomic E-state index is -3.55. The van der Waals surface area contributed by atoms with Crippen LogP contribution in [0.25, 0.3) is 0 Å². The molecule has 0 amide bonds. The van der Waals surface area contributed by atoms with Gasteiger partial charge < -0.3 is 4.57 Å². The lowest BCUT2D eigenvalue weighted by Gasteiger charge is -2.11. The summed E-state index contributed by atoms with van der Waals surface area (Å²) < 4.78 is 30.3. The first-order valence-electron chi connectivity index (χ1n) is 6.59. The van der Waals surface area contributed by atoms with Crippen LogP contribution in [0.15, 0.2) is 23.5 Å². The lowest BCUT2D eigenvalue weighted by atomic mass is 10.2. The van der Waals surface area contributed by atoms with Crippen molar-refractivity contribution in [1.82, 2.24) is 24.1 Å². The minimum absolute atomic E-state index is 0.154. The minimum Gasteiger partial charge on any atom is -0.335 e. The van der Waals surface area contributed by atoms with E-state index in [1.165, 1.54) is 16.9 Å². The molecule has 1 N–H and O–H groups in total. The standard InChI is InChI=1S/C12H17N5O2S/c1-16-12(5-6-13-16)20(18,19)14-8-10-9-17-7-3-2-4-11(17)15-10/h5-6,9,14H,2-4,7-8H2,1H3. The van der Waals surface area contributed by atoms with Crippen LogP contribution in [0.4, 0.5) is 0 Å². The monoisotopic (exact) mass is 295 g/mol. The van der Waals surface area contributed by atoms with Crippen LogP contribution in [-0.2, 0) is 36.6 Å². The van der Waals surface area contributed by atoms with E-state index >= 15 is 0 Å². The van der Waals surface area contributed by atoms with Crippen molar-refractivity contribution in [2.45, 2.75) is 37.4 Å². The number of hydrogen-bond donors (Lipinski definition) is 1. The number of imidazole rings is 1. The molecule has 8 heteroatoms.